The summed E-state index contributed by atoms with van der Waals surface area (Å²) in [6.07, 6.45) is 2.90. The quantitative estimate of drug-likeness (QED) is 0.653. The number of hydrazine groups is 1. The van der Waals surface area contributed by atoms with Crippen molar-refractivity contribution in [1.29, 1.82) is 0 Å². The van der Waals surface area contributed by atoms with Crippen molar-refractivity contribution < 1.29 is 14.6 Å². The van der Waals surface area contributed by atoms with E-state index in [0.717, 1.165) is 40.8 Å². The average Bonchev–Trinajstić information content (AvgIpc) is 3.00. The van der Waals surface area contributed by atoms with Gasteiger partial charge in [-0.2, -0.15) is 0 Å². The number of aryl methyl sites for hydroxylation is 1. The van der Waals surface area contributed by atoms with E-state index in [-0.39, 0.29) is 5.41 Å². The predicted octanol–water partition coefficient (Wildman–Crippen LogP) is 2.55. The number of carbonyl (C=O) groups is 1. The van der Waals surface area contributed by atoms with E-state index in [1.54, 1.807) is 16.3 Å². The fourth-order valence-electron chi connectivity index (χ4n) is 3.49. The fourth-order valence-corrected chi connectivity index (χ4v) is 4.88. The van der Waals surface area contributed by atoms with Crippen LogP contribution < -0.4 is 5.84 Å². The molecule has 2 heterocycles. The second-order valence-electron chi connectivity index (χ2n) is 7.34. The molecule has 0 amide bonds. The van der Waals surface area contributed by atoms with Crippen LogP contribution in [0.1, 0.15) is 45.9 Å². The van der Waals surface area contributed by atoms with Crippen LogP contribution in [0.4, 0.5) is 0 Å². The Labute approximate surface area is 140 Å². The van der Waals surface area contributed by atoms with E-state index < -0.39 is 5.97 Å². The molecule has 1 aromatic heterocycles. The van der Waals surface area contributed by atoms with E-state index in [9.17, 15) is 9.90 Å². The van der Waals surface area contributed by atoms with Crippen LogP contribution in [0, 0.1) is 5.41 Å². The molecule has 0 aromatic carbocycles. The van der Waals surface area contributed by atoms with Gasteiger partial charge < -0.3 is 9.84 Å². The van der Waals surface area contributed by atoms with Gasteiger partial charge in [0.2, 0.25) is 0 Å². The standard InChI is InChI=1S/C17H24N2O3S/c1-17(2)5-4-13-11(6-17)14(16(20)21)15(23-13)12-9-22-8-10(12)7-19(3)18/h4-9,18H2,1-3H3,(H,20,21). The maximum atomic E-state index is 12.0. The molecule has 6 heteroatoms. The third-order valence-corrected chi connectivity index (χ3v) is 6.00. The van der Waals surface area contributed by atoms with Crippen molar-refractivity contribution >= 4 is 22.9 Å². The molecule has 3 N–H and O–H groups in total. The lowest BCUT2D eigenvalue weighted by Gasteiger charge is -2.29. The van der Waals surface area contributed by atoms with Gasteiger partial charge in [0, 0.05) is 23.3 Å². The van der Waals surface area contributed by atoms with Gasteiger partial charge in [0.15, 0.2) is 0 Å². The van der Waals surface area contributed by atoms with Crippen LogP contribution in [0.2, 0.25) is 0 Å². The van der Waals surface area contributed by atoms with Crippen molar-refractivity contribution in [3.05, 3.63) is 26.5 Å². The monoisotopic (exact) mass is 336 g/mol. The van der Waals surface area contributed by atoms with Crippen molar-refractivity contribution in [2.75, 3.05) is 26.8 Å². The van der Waals surface area contributed by atoms with E-state index in [4.69, 9.17) is 10.6 Å². The van der Waals surface area contributed by atoms with Gasteiger partial charge in [-0.25, -0.2) is 9.80 Å². The Morgan fingerprint density at radius 3 is 2.83 bits per heavy atom. The summed E-state index contributed by atoms with van der Waals surface area (Å²) in [7, 11) is 1.81. The fraction of sp³-hybridized carbons (Fsp3) is 0.588. The second kappa shape index (κ2) is 6.02. The minimum Gasteiger partial charge on any atom is -0.478 e. The molecule has 5 nitrogen and oxygen atoms in total. The molecular formula is C17H24N2O3S. The molecule has 0 atom stereocenters. The molecule has 1 aliphatic heterocycles. The van der Waals surface area contributed by atoms with Gasteiger partial charge >= 0.3 is 5.97 Å². The maximum absolute atomic E-state index is 12.0. The highest BCUT2D eigenvalue weighted by Crippen LogP contribution is 2.44. The van der Waals surface area contributed by atoms with E-state index in [1.807, 2.05) is 7.05 Å². The molecule has 0 saturated heterocycles. The van der Waals surface area contributed by atoms with E-state index in [1.165, 1.54) is 4.88 Å². The Balaban J connectivity index is 2.10. The lowest BCUT2D eigenvalue weighted by Crippen LogP contribution is -2.28. The van der Waals surface area contributed by atoms with Gasteiger partial charge in [-0.05, 0) is 41.4 Å². The highest BCUT2D eigenvalue weighted by molar-refractivity contribution is 7.13. The molecule has 0 bridgehead atoms. The third-order valence-electron chi connectivity index (χ3n) is 4.65. The minimum absolute atomic E-state index is 0.163. The molecule has 1 aromatic rings. The van der Waals surface area contributed by atoms with Crippen LogP contribution in [0.25, 0.3) is 5.57 Å². The first kappa shape index (κ1) is 16.6. The van der Waals surface area contributed by atoms with Crippen molar-refractivity contribution in [1.82, 2.24) is 5.01 Å². The van der Waals surface area contributed by atoms with E-state index in [0.29, 0.717) is 25.3 Å². The number of carboxylic acids is 1. The summed E-state index contributed by atoms with van der Waals surface area (Å²) in [4.78, 5) is 14.1. The second-order valence-corrected chi connectivity index (χ2v) is 8.45. The molecule has 0 fully saturated rings. The minimum atomic E-state index is -0.824. The van der Waals surface area contributed by atoms with Crippen molar-refractivity contribution in [2.45, 2.75) is 33.1 Å². The van der Waals surface area contributed by atoms with Crippen LogP contribution >= 0.6 is 11.3 Å². The Kier molecular flexibility index (Phi) is 4.35. The number of hydrogen-bond donors (Lipinski definition) is 2. The normalized spacial score (nSPS) is 20.2. The van der Waals surface area contributed by atoms with Crippen molar-refractivity contribution in [2.24, 2.45) is 11.3 Å². The molecule has 0 saturated carbocycles. The zero-order chi connectivity index (χ0) is 16.8. The van der Waals surface area contributed by atoms with Crippen molar-refractivity contribution in [3.63, 3.8) is 0 Å². The summed E-state index contributed by atoms with van der Waals surface area (Å²) in [6.45, 7) is 6.04. The number of fused-ring (bicyclic) bond motifs is 1. The van der Waals surface area contributed by atoms with Crippen molar-refractivity contribution in [3.8, 4) is 0 Å². The lowest BCUT2D eigenvalue weighted by atomic mass is 9.76. The van der Waals surface area contributed by atoms with Crippen LogP contribution in [0.15, 0.2) is 5.57 Å². The number of carboxylic acid groups (broad SMARTS) is 1. The number of nitrogens with two attached hydrogens (primary N) is 1. The molecule has 0 radical (unpaired) electrons. The molecule has 126 valence electrons. The number of nitrogens with zero attached hydrogens (tertiary/aromatic N) is 1. The van der Waals surface area contributed by atoms with Gasteiger partial charge in [0.25, 0.3) is 0 Å². The molecule has 0 spiro atoms. The smallest absolute Gasteiger partial charge is 0.337 e. The largest absolute Gasteiger partial charge is 0.478 e. The Bertz CT molecular complexity index is 674. The van der Waals surface area contributed by atoms with Gasteiger partial charge in [0.1, 0.15) is 0 Å². The molecule has 3 rings (SSSR count). The van der Waals surface area contributed by atoms with Gasteiger partial charge in [-0.3, -0.25) is 5.84 Å². The molecule has 23 heavy (non-hydrogen) atoms. The Morgan fingerprint density at radius 2 is 2.17 bits per heavy atom. The van der Waals surface area contributed by atoms with Crippen LogP contribution in [-0.4, -0.2) is 42.9 Å². The van der Waals surface area contributed by atoms with Gasteiger partial charge in [-0.1, -0.05) is 13.8 Å². The van der Waals surface area contributed by atoms with Gasteiger partial charge in [-0.15, -0.1) is 11.3 Å². The molecule has 2 aliphatic rings. The van der Waals surface area contributed by atoms with E-state index in [2.05, 4.69) is 13.8 Å². The topological polar surface area (TPSA) is 75.8 Å². The van der Waals surface area contributed by atoms with E-state index >= 15 is 0 Å². The zero-order valence-corrected chi connectivity index (χ0v) is 14.8. The zero-order valence-electron chi connectivity index (χ0n) is 13.9. The van der Waals surface area contributed by atoms with Gasteiger partial charge in [0.05, 0.1) is 18.8 Å². The maximum Gasteiger partial charge on any atom is 0.337 e. The highest BCUT2D eigenvalue weighted by Gasteiger charge is 2.34. The number of likely N-dealkylation sites (N-methyl/N-ethyl adjacent to an activating group) is 1. The average molecular weight is 336 g/mol. The summed E-state index contributed by atoms with van der Waals surface area (Å²) in [5, 5.41) is 11.4. The Hall–Kier alpha value is -1.21. The summed E-state index contributed by atoms with van der Waals surface area (Å²) < 4.78 is 5.59. The molecule has 1 aliphatic carbocycles. The third kappa shape index (κ3) is 3.21. The summed E-state index contributed by atoms with van der Waals surface area (Å²) >= 11 is 1.64. The van der Waals surface area contributed by atoms with Crippen LogP contribution in [-0.2, 0) is 17.6 Å². The summed E-state index contributed by atoms with van der Waals surface area (Å²) in [5.41, 5.74) is 3.81. The number of ether oxygens (including phenoxy) is 1. The first-order valence-electron chi connectivity index (χ1n) is 7.91. The Morgan fingerprint density at radius 1 is 1.43 bits per heavy atom. The number of thiophene rings is 1. The number of hydrogen-bond acceptors (Lipinski definition) is 5. The molecular weight excluding hydrogens is 312 g/mol. The highest BCUT2D eigenvalue weighted by atomic mass is 32.1. The SMILES string of the molecule is CN(N)CC1=C(c2sc3c(c2C(=O)O)CC(C)(C)CC3)COC1. The summed E-state index contributed by atoms with van der Waals surface area (Å²) in [5.74, 6) is 4.95. The number of aromatic carboxylic acids is 1. The molecule has 0 unspecified atom stereocenters. The summed E-state index contributed by atoms with van der Waals surface area (Å²) in [6, 6.07) is 0. The lowest BCUT2D eigenvalue weighted by molar-refractivity contribution is 0.0695. The van der Waals surface area contributed by atoms with Crippen LogP contribution in [0.3, 0.4) is 0 Å². The first-order chi connectivity index (χ1) is 10.8. The van der Waals surface area contributed by atoms with Crippen LogP contribution in [0.5, 0.6) is 0 Å². The number of rotatable bonds is 4. The predicted molar refractivity (Wildman–Crippen MR) is 91.6 cm³/mol. The first-order valence-corrected chi connectivity index (χ1v) is 8.73.